The highest BCUT2D eigenvalue weighted by Crippen LogP contribution is 2.32. The van der Waals surface area contributed by atoms with Gasteiger partial charge in [-0.2, -0.15) is 0 Å². The summed E-state index contributed by atoms with van der Waals surface area (Å²) < 4.78 is 1.00. The van der Waals surface area contributed by atoms with Gasteiger partial charge >= 0.3 is 0 Å². The van der Waals surface area contributed by atoms with Crippen molar-refractivity contribution in [2.45, 2.75) is 6.42 Å². The first kappa shape index (κ1) is 10.6. The zero-order chi connectivity index (χ0) is 12.0. The van der Waals surface area contributed by atoms with E-state index < -0.39 is 0 Å². The molecule has 2 aromatic rings. The molecule has 0 spiro atoms. The predicted octanol–water partition coefficient (Wildman–Crippen LogP) is 3.08. The Morgan fingerprint density at radius 1 is 1.35 bits per heavy atom. The number of fused-ring (bicyclic) bond motifs is 3. The maximum Gasteiger partial charge on any atom is 0.268 e. The molecular weight excluding hydrogens is 280 g/mol. The summed E-state index contributed by atoms with van der Waals surface area (Å²) in [7, 11) is 0. The molecule has 3 nitrogen and oxygen atoms in total. The van der Waals surface area contributed by atoms with E-state index in [0.717, 1.165) is 32.9 Å². The van der Waals surface area contributed by atoms with Crippen molar-refractivity contribution in [1.82, 2.24) is 10.3 Å². The predicted molar refractivity (Wildman–Crippen MR) is 72.0 cm³/mol. The number of aromatic amines is 1. The van der Waals surface area contributed by atoms with Gasteiger partial charge < -0.3 is 10.3 Å². The van der Waals surface area contributed by atoms with Crippen LogP contribution in [0.5, 0.6) is 0 Å². The van der Waals surface area contributed by atoms with Crippen molar-refractivity contribution in [2.75, 3.05) is 6.54 Å². The molecule has 4 heteroatoms. The van der Waals surface area contributed by atoms with Crippen molar-refractivity contribution in [2.24, 2.45) is 0 Å². The zero-order valence-electron chi connectivity index (χ0n) is 9.14. The van der Waals surface area contributed by atoms with Crippen LogP contribution in [0.25, 0.3) is 16.5 Å². The number of hydrogen-bond donors (Lipinski definition) is 2. The van der Waals surface area contributed by atoms with Crippen LogP contribution in [0.3, 0.4) is 0 Å². The smallest absolute Gasteiger partial charge is 0.268 e. The molecule has 17 heavy (non-hydrogen) atoms. The average Bonchev–Trinajstić information content (AvgIpc) is 2.60. The molecule has 0 atom stereocenters. The van der Waals surface area contributed by atoms with Gasteiger partial charge in [-0.3, -0.25) is 4.79 Å². The summed E-state index contributed by atoms with van der Waals surface area (Å²) in [5, 5.41) is 3.92. The lowest BCUT2D eigenvalue weighted by atomic mass is 10.0. The van der Waals surface area contributed by atoms with Gasteiger partial charge in [-0.15, -0.1) is 0 Å². The van der Waals surface area contributed by atoms with Crippen molar-refractivity contribution in [3.63, 3.8) is 0 Å². The number of benzene rings is 1. The lowest BCUT2D eigenvalue weighted by Crippen LogP contribution is -2.22. The van der Waals surface area contributed by atoms with Gasteiger partial charge in [0, 0.05) is 27.5 Å². The molecule has 2 heterocycles. The van der Waals surface area contributed by atoms with E-state index in [1.54, 1.807) is 0 Å². The molecule has 0 radical (unpaired) electrons. The Labute approximate surface area is 107 Å². The van der Waals surface area contributed by atoms with Crippen LogP contribution in [-0.4, -0.2) is 17.4 Å². The summed E-state index contributed by atoms with van der Waals surface area (Å²) >= 11 is 3.46. The third-order valence-electron chi connectivity index (χ3n) is 3.05. The summed E-state index contributed by atoms with van der Waals surface area (Å²) in [5.41, 5.74) is 3.55. The van der Waals surface area contributed by atoms with Crippen LogP contribution in [0.15, 0.2) is 29.3 Å². The fourth-order valence-electron chi connectivity index (χ4n) is 2.24. The summed E-state index contributed by atoms with van der Waals surface area (Å²) in [6, 6.07) is 5.95. The summed E-state index contributed by atoms with van der Waals surface area (Å²) in [6.45, 7) is 4.72. The van der Waals surface area contributed by atoms with Crippen molar-refractivity contribution < 1.29 is 4.79 Å². The number of amides is 1. The summed E-state index contributed by atoms with van der Waals surface area (Å²) in [6.07, 6.45) is 0.790. The fraction of sp³-hybridized carbons (Fsp3) is 0.154. The Kier molecular flexibility index (Phi) is 2.33. The van der Waals surface area contributed by atoms with Crippen molar-refractivity contribution in [1.29, 1.82) is 0 Å². The zero-order valence-corrected chi connectivity index (χ0v) is 10.7. The third kappa shape index (κ3) is 1.60. The molecule has 1 amide bonds. The number of nitrogens with one attached hydrogen (secondary N) is 2. The van der Waals surface area contributed by atoms with E-state index in [4.69, 9.17) is 0 Å². The number of carbonyl (C=O) groups excluding carboxylic acids is 1. The molecule has 86 valence electrons. The second kappa shape index (κ2) is 3.74. The van der Waals surface area contributed by atoms with Crippen molar-refractivity contribution in [3.05, 3.63) is 40.5 Å². The monoisotopic (exact) mass is 290 g/mol. The Morgan fingerprint density at radius 2 is 2.18 bits per heavy atom. The van der Waals surface area contributed by atoms with Gasteiger partial charge in [0.25, 0.3) is 5.91 Å². The highest BCUT2D eigenvalue weighted by atomic mass is 79.9. The van der Waals surface area contributed by atoms with E-state index >= 15 is 0 Å². The van der Waals surface area contributed by atoms with Gasteiger partial charge in [0.15, 0.2) is 0 Å². The van der Waals surface area contributed by atoms with Gasteiger partial charge in [-0.1, -0.05) is 22.5 Å². The van der Waals surface area contributed by atoms with Gasteiger partial charge in [0.1, 0.15) is 5.69 Å². The standard InChI is InChI=1S/C13H11BrN2O/c1-7-4-5-15-13(17)12-11(7)9-6-8(14)2-3-10(9)16-12/h2-3,6,16H,1,4-5H2,(H,15,17). The van der Waals surface area contributed by atoms with Crippen LogP contribution in [0.1, 0.15) is 22.5 Å². The molecule has 1 aromatic heterocycles. The van der Waals surface area contributed by atoms with E-state index in [1.807, 2.05) is 18.2 Å². The highest BCUT2D eigenvalue weighted by Gasteiger charge is 2.22. The molecular formula is C13H11BrN2O. The third-order valence-corrected chi connectivity index (χ3v) is 3.55. The van der Waals surface area contributed by atoms with Crippen molar-refractivity contribution >= 4 is 38.3 Å². The lowest BCUT2D eigenvalue weighted by Gasteiger charge is -2.01. The van der Waals surface area contributed by atoms with Crippen LogP contribution >= 0.6 is 15.9 Å². The molecule has 1 aliphatic heterocycles. The SMILES string of the molecule is C=C1CCNC(=O)c2[nH]c3ccc(Br)cc3c21. The number of halogens is 1. The minimum absolute atomic E-state index is 0.0500. The second-order valence-corrected chi connectivity index (χ2v) is 5.09. The van der Waals surface area contributed by atoms with Gasteiger partial charge in [0.2, 0.25) is 0 Å². The Morgan fingerprint density at radius 3 is 3.00 bits per heavy atom. The second-order valence-electron chi connectivity index (χ2n) is 4.17. The number of H-pyrrole nitrogens is 1. The molecule has 1 aliphatic rings. The number of hydrogen-bond acceptors (Lipinski definition) is 1. The molecule has 0 saturated carbocycles. The molecule has 3 rings (SSSR count). The van der Waals surface area contributed by atoms with Gasteiger partial charge in [0.05, 0.1) is 0 Å². The first-order valence-corrected chi connectivity index (χ1v) is 6.23. The topological polar surface area (TPSA) is 44.9 Å². The number of aromatic nitrogens is 1. The van der Waals surface area contributed by atoms with Gasteiger partial charge in [-0.05, 0) is 30.2 Å². The molecule has 1 aromatic carbocycles. The Bertz CT molecular complexity index is 642. The van der Waals surface area contributed by atoms with E-state index in [0.29, 0.717) is 12.2 Å². The van der Waals surface area contributed by atoms with Crippen LogP contribution < -0.4 is 5.32 Å². The minimum atomic E-state index is -0.0500. The van der Waals surface area contributed by atoms with Crippen LogP contribution in [0, 0.1) is 0 Å². The maximum atomic E-state index is 11.9. The molecule has 0 fully saturated rings. The Balaban J connectivity index is 2.38. The largest absolute Gasteiger partial charge is 0.350 e. The quantitative estimate of drug-likeness (QED) is 0.769. The first-order valence-electron chi connectivity index (χ1n) is 5.44. The van der Waals surface area contributed by atoms with Crippen LogP contribution in [0.4, 0.5) is 0 Å². The first-order chi connectivity index (χ1) is 8.16. The lowest BCUT2D eigenvalue weighted by molar-refractivity contribution is 0.0952. The summed E-state index contributed by atoms with van der Waals surface area (Å²) in [5.74, 6) is -0.0500. The van der Waals surface area contributed by atoms with Crippen LogP contribution in [0.2, 0.25) is 0 Å². The van der Waals surface area contributed by atoms with Crippen molar-refractivity contribution in [3.8, 4) is 0 Å². The van der Waals surface area contributed by atoms with Crippen LogP contribution in [-0.2, 0) is 0 Å². The highest BCUT2D eigenvalue weighted by molar-refractivity contribution is 9.10. The molecule has 0 bridgehead atoms. The van der Waals surface area contributed by atoms with E-state index in [1.165, 1.54) is 0 Å². The normalized spacial score (nSPS) is 15.6. The van der Waals surface area contributed by atoms with E-state index in [2.05, 4.69) is 32.8 Å². The number of carbonyl (C=O) groups is 1. The molecule has 0 unspecified atom stereocenters. The summed E-state index contributed by atoms with van der Waals surface area (Å²) in [4.78, 5) is 15.1. The molecule has 2 N–H and O–H groups in total. The average molecular weight is 291 g/mol. The maximum absolute atomic E-state index is 11.9. The van der Waals surface area contributed by atoms with Gasteiger partial charge in [-0.25, -0.2) is 0 Å². The fourth-order valence-corrected chi connectivity index (χ4v) is 2.60. The number of rotatable bonds is 0. The Hall–Kier alpha value is -1.55. The minimum Gasteiger partial charge on any atom is -0.350 e. The molecule has 0 aliphatic carbocycles. The van der Waals surface area contributed by atoms with E-state index in [-0.39, 0.29) is 5.91 Å². The van der Waals surface area contributed by atoms with E-state index in [9.17, 15) is 4.79 Å². The molecule has 0 saturated heterocycles.